The van der Waals surface area contributed by atoms with E-state index in [-0.39, 0.29) is 21.6 Å². The lowest BCUT2D eigenvalue weighted by Crippen LogP contribution is -2.41. The second-order valence-electron chi connectivity index (χ2n) is 7.31. The molecule has 32 heavy (non-hydrogen) atoms. The van der Waals surface area contributed by atoms with Crippen molar-refractivity contribution in [2.45, 2.75) is 31.2 Å². The molecule has 3 rings (SSSR count). The van der Waals surface area contributed by atoms with Crippen LogP contribution in [0.25, 0.3) is 0 Å². The van der Waals surface area contributed by atoms with E-state index in [1.807, 2.05) is 31.2 Å². The summed E-state index contributed by atoms with van der Waals surface area (Å²) in [6.07, 6.45) is 0.928. The van der Waals surface area contributed by atoms with E-state index in [0.717, 1.165) is 16.3 Å². The van der Waals surface area contributed by atoms with E-state index in [0.29, 0.717) is 5.02 Å². The third-order valence-corrected chi connectivity index (χ3v) is 7.60. The van der Waals surface area contributed by atoms with Crippen LogP contribution in [0.4, 0.5) is 5.69 Å². The van der Waals surface area contributed by atoms with Crippen molar-refractivity contribution in [3.63, 3.8) is 0 Å². The van der Waals surface area contributed by atoms with Crippen LogP contribution in [0.5, 0.6) is 0 Å². The summed E-state index contributed by atoms with van der Waals surface area (Å²) in [6.45, 7) is 3.52. The highest BCUT2D eigenvalue weighted by Crippen LogP contribution is 2.30. The lowest BCUT2D eigenvalue weighted by atomic mass is 10.1. The van der Waals surface area contributed by atoms with E-state index in [2.05, 4.69) is 12.2 Å². The minimum absolute atomic E-state index is 0.0714. The molecule has 0 bridgehead atoms. The lowest BCUT2D eigenvalue weighted by molar-refractivity contribution is -0.120. The van der Waals surface area contributed by atoms with Crippen molar-refractivity contribution < 1.29 is 13.2 Å². The number of aryl methyl sites for hydroxylation is 1. The maximum Gasteiger partial charge on any atom is 0.264 e. The van der Waals surface area contributed by atoms with Gasteiger partial charge in [0.25, 0.3) is 10.0 Å². The molecule has 0 spiro atoms. The number of rotatable bonds is 8. The Bertz CT molecular complexity index is 1180. The molecule has 0 aliphatic carbocycles. The van der Waals surface area contributed by atoms with Crippen LogP contribution in [0.1, 0.15) is 31.0 Å². The van der Waals surface area contributed by atoms with Gasteiger partial charge in [-0.05, 0) is 54.8 Å². The SMILES string of the molecule is CCc1ccc(C(C)NC(=O)CN(c2ccc(Cl)c(Cl)c2)S(=O)(=O)c2ccccc2)cc1. The van der Waals surface area contributed by atoms with E-state index >= 15 is 0 Å². The van der Waals surface area contributed by atoms with Crippen molar-refractivity contribution in [1.29, 1.82) is 0 Å². The van der Waals surface area contributed by atoms with Crippen molar-refractivity contribution in [2.24, 2.45) is 0 Å². The zero-order valence-corrected chi connectivity index (χ0v) is 20.1. The molecule has 1 amide bonds. The molecule has 0 radical (unpaired) electrons. The molecule has 0 aliphatic rings. The Kier molecular flexibility index (Phi) is 7.82. The van der Waals surface area contributed by atoms with Gasteiger partial charge in [0.2, 0.25) is 5.91 Å². The largest absolute Gasteiger partial charge is 0.348 e. The zero-order valence-electron chi connectivity index (χ0n) is 17.8. The molecule has 1 unspecified atom stereocenters. The van der Waals surface area contributed by atoms with Crippen LogP contribution in [0, 0.1) is 0 Å². The Morgan fingerprint density at radius 1 is 0.969 bits per heavy atom. The normalized spacial score (nSPS) is 12.2. The van der Waals surface area contributed by atoms with Crippen LogP contribution in [-0.4, -0.2) is 20.9 Å². The average Bonchev–Trinajstić information content (AvgIpc) is 2.80. The van der Waals surface area contributed by atoms with Gasteiger partial charge in [0.15, 0.2) is 0 Å². The summed E-state index contributed by atoms with van der Waals surface area (Å²) in [5, 5.41) is 3.37. The predicted octanol–water partition coefficient (Wildman–Crippen LogP) is 5.63. The molecule has 1 N–H and O–H groups in total. The van der Waals surface area contributed by atoms with E-state index in [1.54, 1.807) is 18.2 Å². The van der Waals surface area contributed by atoms with Gasteiger partial charge in [-0.2, -0.15) is 0 Å². The van der Waals surface area contributed by atoms with Gasteiger partial charge in [0.05, 0.1) is 26.7 Å². The highest BCUT2D eigenvalue weighted by Gasteiger charge is 2.28. The van der Waals surface area contributed by atoms with Gasteiger partial charge in [0.1, 0.15) is 6.54 Å². The molecule has 0 saturated carbocycles. The fourth-order valence-electron chi connectivity index (χ4n) is 3.22. The second-order valence-corrected chi connectivity index (χ2v) is 9.98. The molecule has 0 saturated heterocycles. The number of nitrogens with zero attached hydrogens (tertiary/aromatic N) is 1. The standard InChI is InChI=1S/C24H24Cl2N2O3S/c1-3-18-9-11-19(12-10-18)17(2)27-24(29)16-28(20-13-14-22(25)23(26)15-20)32(30,31)21-7-5-4-6-8-21/h4-15,17H,3,16H2,1-2H3,(H,27,29). The van der Waals surface area contributed by atoms with Gasteiger partial charge in [0, 0.05) is 0 Å². The highest BCUT2D eigenvalue weighted by molar-refractivity contribution is 7.92. The van der Waals surface area contributed by atoms with Gasteiger partial charge in [-0.25, -0.2) is 8.42 Å². The summed E-state index contributed by atoms with van der Waals surface area (Å²) in [5.41, 5.74) is 2.38. The summed E-state index contributed by atoms with van der Waals surface area (Å²) in [6, 6.07) is 20.1. The van der Waals surface area contributed by atoms with Crippen LogP contribution >= 0.6 is 23.2 Å². The molecule has 5 nitrogen and oxygen atoms in total. The first kappa shape index (κ1) is 24.1. The molecule has 0 fully saturated rings. The number of amides is 1. The maximum atomic E-state index is 13.4. The number of halogens is 2. The van der Waals surface area contributed by atoms with Crippen LogP contribution in [0.2, 0.25) is 10.0 Å². The topological polar surface area (TPSA) is 66.5 Å². The first-order valence-electron chi connectivity index (χ1n) is 10.1. The number of carbonyl (C=O) groups is 1. The molecule has 3 aromatic carbocycles. The van der Waals surface area contributed by atoms with E-state index < -0.39 is 22.5 Å². The van der Waals surface area contributed by atoms with Gasteiger partial charge in [-0.1, -0.05) is 72.6 Å². The minimum Gasteiger partial charge on any atom is -0.348 e. The van der Waals surface area contributed by atoms with Crippen molar-refractivity contribution in [1.82, 2.24) is 5.32 Å². The fraction of sp³-hybridized carbons (Fsp3) is 0.208. The highest BCUT2D eigenvalue weighted by atomic mass is 35.5. The molecule has 8 heteroatoms. The number of benzene rings is 3. The van der Waals surface area contributed by atoms with E-state index in [9.17, 15) is 13.2 Å². The first-order chi connectivity index (χ1) is 15.2. The second kappa shape index (κ2) is 10.4. The van der Waals surface area contributed by atoms with Gasteiger partial charge >= 0.3 is 0 Å². The molecular weight excluding hydrogens is 467 g/mol. The Balaban J connectivity index is 1.88. The van der Waals surface area contributed by atoms with Crippen LogP contribution in [0.3, 0.4) is 0 Å². The Hall–Kier alpha value is -2.54. The molecular formula is C24H24Cl2N2O3S. The number of carbonyl (C=O) groups excluding carboxylic acids is 1. The molecule has 1 atom stereocenters. The Morgan fingerprint density at radius 3 is 2.22 bits per heavy atom. The molecule has 3 aromatic rings. The van der Waals surface area contributed by atoms with Crippen molar-refractivity contribution in [3.05, 3.63) is 94.0 Å². The van der Waals surface area contributed by atoms with E-state index in [4.69, 9.17) is 23.2 Å². The Labute approximate surface area is 199 Å². The molecule has 0 heterocycles. The molecule has 168 valence electrons. The van der Waals surface area contributed by atoms with Crippen LogP contribution in [0.15, 0.2) is 77.7 Å². The summed E-state index contributed by atoms with van der Waals surface area (Å²) >= 11 is 12.1. The minimum atomic E-state index is -4.02. The van der Waals surface area contributed by atoms with Gasteiger partial charge in [-0.3, -0.25) is 9.10 Å². The predicted molar refractivity (Wildman–Crippen MR) is 130 cm³/mol. The average molecular weight is 491 g/mol. The number of anilines is 1. The third kappa shape index (κ3) is 5.63. The summed E-state index contributed by atoms with van der Waals surface area (Å²) in [4.78, 5) is 13.0. The van der Waals surface area contributed by atoms with Crippen molar-refractivity contribution >= 4 is 44.8 Å². The zero-order chi connectivity index (χ0) is 23.3. The van der Waals surface area contributed by atoms with Crippen molar-refractivity contribution in [3.8, 4) is 0 Å². The molecule has 0 aromatic heterocycles. The number of hydrogen-bond acceptors (Lipinski definition) is 3. The maximum absolute atomic E-state index is 13.4. The monoisotopic (exact) mass is 490 g/mol. The van der Waals surface area contributed by atoms with Crippen molar-refractivity contribution in [2.75, 3.05) is 10.8 Å². The number of hydrogen-bond donors (Lipinski definition) is 1. The Morgan fingerprint density at radius 2 is 1.62 bits per heavy atom. The number of nitrogens with one attached hydrogen (secondary N) is 1. The summed E-state index contributed by atoms with van der Waals surface area (Å²) < 4.78 is 27.8. The number of sulfonamides is 1. The quantitative estimate of drug-likeness (QED) is 0.444. The lowest BCUT2D eigenvalue weighted by Gasteiger charge is -2.25. The smallest absolute Gasteiger partial charge is 0.264 e. The summed E-state index contributed by atoms with van der Waals surface area (Å²) in [7, 11) is -4.02. The van der Waals surface area contributed by atoms with Gasteiger partial charge < -0.3 is 5.32 Å². The van der Waals surface area contributed by atoms with E-state index in [1.165, 1.54) is 35.9 Å². The fourth-order valence-corrected chi connectivity index (χ4v) is 4.94. The first-order valence-corrected chi connectivity index (χ1v) is 12.3. The molecule has 0 aliphatic heterocycles. The van der Waals surface area contributed by atoms with Crippen LogP contribution in [-0.2, 0) is 21.2 Å². The van der Waals surface area contributed by atoms with Gasteiger partial charge in [-0.15, -0.1) is 0 Å². The summed E-state index contributed by atoms with van der Waals surface area (Å²) in [5.74, 6) is -0.442. The third-order valence-electron chi connectivity index (χ3n) is 5.08. The van der Waals surface area contributed by atoms with Crippen LogP contribution < -0.4 is 9.62 Å².